The van der Waals surface area contributed by atoms with Gasteiger partial charge in [0.1, 0.15) is 0 Å². The van der Waals surface area contributed by atoms with Crippen molar-refractivity contribution >= 4 is 23.2 Å². The SMILES string of the molecule is O=C(O)C1(C(=O)N2CCN(Cc3noc(-c4cccs4)n3)CC2)CC=CC1. The highest BCUT2D eigenvalue weighted by Crippen LogP contribution is 2.36. The zero-order chi connectivity index (χ0) is 18.9. The minimum Gasteiger partial charge on any atom is -0.480 e. The number of carbonyl (C=O) groups is 2. The highest BCUT2D eigenvalue weighted by molar-refractivity contribution is 7.13. The van der Waals surface area contributed by atoms with Gasteiger partial charge in [-0.3, -0.25) is 14.5 Å². The fourth-order valence-electron chi connectivity index (χ4n) is 3.52. The third kappa shape index (κ3) is 3.40. The monoisotopic (exact) mass is 388 g/mol. The molecule has 2 aromatic heterocycles. The molecule has 0 spiro atoms. The average Bonchev–Trinajstić information content (AvgIpc) is 3.42. The lowest BCUT2D eigenvalue weighted by molar-refractivity contribution is -0.161. The van der Waals surface area contributed by atoms with Gasteiger partial charge >= 0.3 is 5.97 Å². The Balaban J connectivity index is 1.34. The Bertz CT molecular complexity index is 845. The number of nitrogens with zero attached hydrogens (tertiary/aromatic N) is 4. The fourth-order valence-corrected chi connectivity index (χ4v) is 4.17. The van der Waals surface area contributed by atoms with Gasteiger partial charge in [-0.25, -0.2) is 0 Å². The normalized spacial score (nSPS) is 19.5. The van der Waals surface area contributed by atoms with Crippen LogP contribution in [0.3, 0.4) is 0 Å². The number of carboxylic acids is 1. The Morgan fingerprint density at radius 1 is 1.22 bits per heavy atom. The van der Waals surface area contributed by atoms with Crippen LogP contribution in [-0.4, -0.2) is 63.1 Å². The number of piperazine rings is 1. The van der Waals surface area contributed by atoms with E-state index in [1.165, 1.54) is 0 Å². The van der Waals surface area contributed by atoms with Crippen LogP contribution < -0.4 is 0 Å². The van der Waals surface area contributed by atoms with Crippen molar-refractivity contribution in [3.05, 3.63) is 35.5 Å². The van der Waals surface area contributed by atoms with E-state index in [1.807, 2.05) is 17.5 Å². The summed E-state index contributed by atoms with van der Waals surface area (Å²) in [5, 5.41) is 15.6. The van der Waals surface area contributed by atoms with Crippen molar-refractivity contribution in [1.29, 1.82) is 0 Å². The molecule has 0 bridgehead atoms. The van der Waals surface area contributed by atoms with E-state index >= 15 is 0 Å². The molecule has 3 heterocycles. The largest absolute Gasteiger partial charge is 0.480 e. The number of aromatic nitrogens is 2. The zero-order valence-electron chi connectivity index (χ0n) is 14.7. The van der Waals surface area contributed by atoms with Crippen LogP contribution in [0.1, 0.15) is 18.7 Å². The first-order valence-corrected chi connectivity index (χ1v) is 9.73. The second-order valence-electron chi connectivity index (χ2n) is 6.83. The molecule has 8 nitrogen and oxygen atoms in total. The third-order valence-electron chi connectivity index (χ3n) is 5.14. The van der Waals surface area contributed by atoms with Gasteiger partial charge in [-0.15, -0.1) is 11.3 Å². The van der Waals surface area contributed by atoms with Crippen molar-refractivity contribution in [1.82, 2.24) is 19.9 Å². The summed E-state index contributed by atoms with van der Waals surface area (Å²) in [4.78, 5) is 33.7. The number of thiophene rings is 1. The Morgan fingerprint density at radius 2 is 1.96 bits per heavy atom. The highest BCUT2D eigenvalue weighted by Gasteiger charge is 2.48. The van der Waals surface area contributed by atoms with Crippen molar-refractivity contribution < 1.29 is 19.2 Å². The molecule has 1 N–H and O–H groups in total. The smallest absolute Gasteiger partial charge is 0.319 e. The number of allylic oxidation sites excluding steroid dienone is 2. The summed E-state index contributed by atoms with van der Waals surface area (Å²) in [7, 11) is 0. The number of hydrogen-bond donors (Lipinski definition) is 1. The van der Waals surface area contributed by atoms with E-state index < -0.39 is 11.4 Å². The number of aliphatic carboxylic acids is 1. The van der Waals surface area contributed by atoms with Crippen molar-refractivity contribution in [2.75, 3.05) is 26.2 Å². The molecule has 1 saturated heterocycles. The summed E-state index contributed by atoms with van der Waals surface area (Å²) in [6, 6.07) is 3.87. The molecule has 1 aliphatic heterocycles. The minimum atomic E-state index is -1.31. The van der Waals surface area contributed by atoms with Crippen molar-refractivity contribution in [2.24, 2.45) is 5.41 Å². The predicted octanol–water partition coefficient (Wildman–Crippen LogP) is 1.86. The van der Waals surface area contributed by atoms with Crippen molar-refractivity contribution in [3.63, 3.8) is 0 Å². The van der Waals surface area contributed by atoms with Gasteiger partial charge in [0.2, 0.25) is 5.91 Å². The second kappa shape index (κ2) is 7.24. The first-order chi connectivity index (χ1) is 13.1. The lowest BCUT2D eigenvalue weighted by Crippen LogP contribution is -2.54. The topological polar surface area (TPSA) is 99.8 Å². The van der Waals surface area contributed by atoms with Gasteiger partial charge in [0, 0.05) is 26.2 Å². The maximum Gasteiger partial charge on any atom is 0.319 e. The first-order valence-electron chi connectivity index (χ1n) is 8.85. The standard InChI is InChI=1S/C18H20N4O4S/c23-16(18(17(24)25)5-1-2-6-18)22-9-7-21(8-10-22)12-14-19-15(26-20-14)13-4-3-11-27-13/h1-4,11H,5-10,12H2,(H,24,25). The molecule has 1 fully saturated rings. The van der Waals surface area contributed by atoms with Crippen LogP contribution in [0.2, 0.25) is 0 Å². The van der Waals surface area contributed by atoms with Crippen LogP contribution >= 0.6 is 11.3 Å². The first kappa shape index (κ1) is 17.9. The number of carbonyl (C=O) groups excluding carboxylic acids is 1. The van der Waals surface area contributed by atoms with Crippen LogP contribution in [0.4, 0.5) is 0 Å². The summed E-state index contributed by atoms with van der Waals surface area (Å²) >= 11 is 1.55. The quantitative estimate of drug-likeness (QED) is 0.616. The van der Waals surface area contributed by atoms with Crippen LogP contribution in [0.15, 0.2) is 34.2 Å². The predicted molar refractivity (Wildman–Crippen MR) is 97.9 cm³/mol. The minimum absolute atomic E-state index is 0.274. The van der Waals surface area contributed by atoms with E-state index in [1.54, 1.807) is 28.4 Å². The van der Waals surface area contributed by atoms with Gasteiger partial charge in [0.05, 0.1) is 11.4 Å². The molecule has 0 atom stereocenters. The molecule has 1 amide bonds. The second-order valence-corrected chi connectivity index (χ2v) is 7.78. The number of hydrogen-bond acceptors (Lipinski definition) is 7. The maximum atomic E-state index is 12.8. The van der Waals surface area contributed by atoms with E-state index in [9.17, 15) is 14.7 Å². The molecule has 0 unspecified atom stereocenters. The van der Waals surface area contributed by atoms with E-state index in [2.05, 4.69) is 15.0 Å². The van der Waals surface area contributed by atoms with Crippen LogP contribution in [-0.2, 0) is 16.1 Å². The van der Waals surface area contributed by atoms with E-state index in [-0.39, 0.29) is 18.7 Å². The third-order valence-corrected chi connectivity index (χ3v) is 6.00. The molecular weight excluding hydrogens is 368 g/mol. The molecule has 2 aromatic rings. The fraction of sp³-hybridized carbons (Fsp3) is 0.444. The molecule has 1 aliphatic carbocycles. The van der Waals surface area contributed by atoms with E-state index in [0.717, 1.165) is 4.88 Å². The molecule has 142 valence electrons. The zero-order valence-corrected chi connectivity index (χ0v) is 15.5. The van der Waals surface area contributed by atoms with E-state index in [0.29, 0.717) is 44.4 Å². The maximum absolute atomic E-state index is 12.8. The Kier molecular flexibility index (Phi) is 4.79. The molecule has 27 heavy (non-hydrogen) atoms. The molecule has 2 aliphatic rings. The van der Waals surface area contributed by atoms with Gasteiger partial charge in [0.25, 0.3) is 5.89 Å². The van der Waals surface area contributed by atoms with Crippen LogP contribution in [0, 0.1) is 5.41 Å². The molecule has 0 saturated carbocycles. The Morgan fingerprint density at radius 3 is 2.59 bits per heavy atom. The summed E-state index contributed by atoms with van der Waals surface area (Å²) < 4.78 is 5.30. The number of amides is 1. The molecule has 9 heteroatoms. The molecule has 0 aromatic carbocycles. The number of carboxylic acid groups (broad SMARTS) is 1. The molecule has 0 radical (unpaired) electrons. The summed E-state index contributed by atoms with van der Waals surface area (Å²) in [6.07, 6.45) is 4.11. The molecular formula is C18H20N4O4S. The van der Waals surface area contributed by atoms with Crippen molar-refractivity contribution in [3.8, 4) is 10.8 Å². The summed E-state index contributed by atoms with van der Waals surface area (Å²) in [5.74, 6) is -0.182. The molecule has 4 rings (SSSR count). The lowest BCUT2D eigenvalue weighted by Gasteiger charge is -2.37. The average molecular weight is 388 g/mol. The van der Waals surface area contributed by atoms with Crippen molar-refractivity contribution in [2.45, 2.75) is 19.4 Å². The summed E-state index contributed by atoms with van der Waals surface area (Å²) in [5.41, 5.74) is -1.31. The van der Waals surface area contributed by atoms with Gasteiger partial charge in [-0.2, -0.15) is 4.98 Å². The van der Waals surface area contributed by atoms with Gasteiger partial charge in [0.15, 0.2) is 11.2 Å². The van der Waals surface area contributed by atoms with Gasteiger partial charge < -0.3 is 14.5 Å². The number of rotatable bonds is 5. The Labute approximate surface area is 160 Å². The van der Waals surface area contributed by atoms with Gasteiger partial charge in [-0.1, -0.05) is 23.4 Å². The lowest BCUT2D eigenvalue weighted by atomic mass is 9.83. The summed E-state index contributed by atoms with van der Waals surface area (Å²) in [6.45, 7) is 2.85. The van der Waals surface area contributed by atoms with Crippen LogP contribution in [0.5, 0.6) is 0 Å². The van der Waals surface area contributed by atoms with E-state index in [4.69, 9.17) is 4.52 Å². The van der Waals surface area contributed by atoms with Crippen LogP contribution in [0.25, 0.3) is 10.8 Å². The highest BCUT2D eigenvalue weighted by atomic mass is 32.1. The Hall–Kier alpha value is -2.52. The van der Waals surface area contributed by atoms with Gasteiger partial charge in [-0.05, 0) is 24.3 Å².